The van der Waals surface area contributed by atoms with Gasteiger partial charge in [-0.1, -0.05) is 34.1 Å². The van der Waals surface area contributed by atoms with E-state index in [0.717, 1.165) is 35.5 Å². The van der Waals surface area contributed by atoms with Crippen molar-refractivity contribution in [2.75, 3.05) is 0 Å². The van der Waals surface area contributed by atoms with E-state index >= 15 is 0 Å². The number of ether oxygens (including phenoxy) is 1. The number of Topliss-reactive ketones (excluding diaryl/α,β-unsaturated/α-hetero) is 1. The fraction of sp³-hybridized carbons (Fsp3) is 0.731. The molecule has 0 amide bonds. The summed E-state index contributed by atoms with van der Waals surface area (Å²) in [6.45, 7) is 11.7. The number of cyclic esters (lactones) is 1. The van der Waals surface area contributed by atoms with E-state index in [2.05, 4.69) is 36.2 Å². The van der Waals surface area contributed by atoms with Gasteiger partial charge in [-0.2, -0.15) is 0 Å². The van der Waals surface area contributed by atoms with Gasteiger partial charge < -0.3 is 19.1 Å². The van der Waals surface area contributed by atoms with Crippen LogP contribution in [0.15, 0.2) is 11.0 Å². The highest BCUT2D eigenvalue weighted by Crippen LogP contribution is 2.37. The van der Waals surface area contributed by atoms with Crippen molar-refractivity contribution >= 4 is 48.1 Å². The Kier molecular flexibility index (Phi) is 10.7. The number of hydrogen-bond donors (Lipinski definition) is 1. The Morgan fingerprint density at radius 1 is 1.22 bits per heavy atom. The second kappa shape index (κ2) is 12.9. The van der Waals surface area contributed by atoms with Crippen LogP contribution in [0.4, 0.5) is 0 Å². The van der Waals surface area contributed by atoms with E-state index in [4.69, 9.17) is 13.8 Å². The first kappa shape index (κ1) is 29.8. The highest BCUT2D eigenvalue weighted by atomic mass is 32.1. The van der Waals surface area contributed by atoms with Gasteiger partial charge >= 0.3 is 5.97 Å². The molecule has 2 saturated heterocycles. The lowest BCUT2D eigenvalue weighted by Crippen LogP contribution is -2.46. The molecule has 0 spiro atoms. The molecule has 10 heteroatoms. The van der Waals surface area contributed by atoms with Crippen molar-refractivity contribution in [1.29, 1.82) is 0 Å². The third-order valence-electron chi connectivity index (χ3n) is 7.82. The van der Waals surface area contributed by atoms with Crippen molar-refractivity contribution in [3.05, 3.63) is 21.7 Å². The predicted molar refractivity (Wildman–Crippen MR) is 150 cm³/mol. The van der Waals surface area contributed by atoms with Gasteiger partial charge in [-0.25, -0.2) is 4.98 Å². The zero-order chi connectivity index (χ0) is 26.6. The van der Waals surface area contributed by atoms with Crippen LogP contribution in [-0.2, 0) is 23.4 Å². The molecule has 7 nitrogen and oxygen atoms in total. The largest absolute Gasteiger partial charge is 0.458 e. The van der Waals surface area contributed by atoms with Crippen LogP contribution in [0.5, 0.6) is 0 Å². The van der Waals surface area contributed by atoms with Crippen LogP contribution in [0.25, 0.3) is 6.08 Å². The average molecular weight is 557 g/mol. The van der Waals surface area contributed by atoms with E-state index in [-0.39, 0.29) is 42.2 Å². The summed E-state index contributed by atoms with van der Waals surface area (Å²) in [6, 6.07) is 0.725. The van der Waals surface area contributed by atoms with Crippen LogP contribution >= 0.6 is 30.3 Å². The molecule has 1 aromatic rings. The monoisotopic (exact) mass is 556 g/mol. The van der Waals surface area contributed by atoms with Crippen LogP contribution in [-0.4, -0.2) is 47.1 Å². The van der Waals surface area contributed by atoms with Crippen molar-refractivity contribution < 1.29 is 23.4 Å². The van der Waals surface area contributed by atoms with Crippen molar-refractivity contribution in [3.8, 4) is 0 Å². The number of rotatable bonds is 4. The lowest BCUT2D eigenvalue weighted by atomic mass is 9.73. The van der Waals surface area contributed by atoms with Crippen molar-refractivity contribution in [3.63, 3.8) is 0 Å². The van der Waals surface area contributed by atoms with Gasteiger partial charge in [0.25, 0.3) is 0 Å². The number of aromatic nitrogens is 1. The molecule has 202 valence electrons. The Labute approximate surface area is 224 Å². The number of hydrogen-bond acceptors (Lipinski definition) is 8. The number of thiazole rings is 1. The van der Waals surface area contributed by atoms with Gasteiger partial charge in [0.2, 0.25) is 0 Å². The van der Waals surface area contributed by atoms with Gasteiger partial charge in [-0.15, -0.1) is 11.3 Å². The Balaban J connectivity index is 1.86. The number of carbonyl (C=O) groups excluding carboxylic acids is 2. The minimum atomic E-state index is -0.903. The first-order chi connectivity index (χ1) is 17.0. The SMILES string of the molecule is C/C(=C\c1csc(C)n1)C1CC2NC2CCCC(C)C(OP)C(C)C(=O)C(C)(C)C(OP)CC(=O)O1. The number of nitrogens with zero attached hydrogens (tertiary/aromatic N) is 1. The summed E-state index contributed by atoms with van der Waals surface area (Å²) in [5.41, 5.74) is 0.939. The summed E-state index contributed by atoms with van der Waals surface area (Å²) >= 11 is 1.60. The van der Waals surface area contributed by atoms with Crippen LogP contribution in [0.3, 0.4) is 0 Å². The Hall–Kier alpha value is -0.750. The van der Waals surface area contributed by atoms with Gasteiger partial charge in [-0.05, 0) is 44.3 Å². The summed E-state index contributed by atoms with van der Waals surface area (Å²) in [7, 11) is 4.57. The molecule has 2 aliphatic rings. The second-order valence-electron chi connectivity index (χ2n) is 11.0. The molecule has 0 aromatic carbocycles. The molecule has 1 aromatic heterocycles. The molecule has 3 rings (SSSR count). The van der Waals surface area contributed by atoms with E-state index in [1.807, 2.05) is 46.1 Å². The predicted octanol–water partition coefficient (Wildman–Crippen LogP) is 5.29. The van der Waals surface area contributed by atoms with E-state index in [1.165, 1.54) is 0 Å². The van der Waals surface area contributed by atoms with E-state index in [0.29, 0.717) is 18.5 Å². The van der Waals surface area contributed by atoms with Gasteiger partial charge in [0.15, 0.2) is 0 Å². The molecule has 9 atom stereocenters. The van der Waals surface area contributed by atoms with Gasteiger partial charge in [0, 0.05) is 48.7 Å². The molecule has 36 heavy (non-hydrogen) atoms. The van der Waals surface area contributed by atoms with Crippen LogP contribution in [0, 0.1) is 24.2 Å². The smallest absolute Gasteiger partial charge is 0.309 e. The lowest BCUT2D eigenvalue weighted by molar-refractivity contribution is -0.152. The molecule has 0 bridgehead atoms. The Morgan fingerprint density at radius 3 is 2.56 bits per heavy atom. The highest BCUT2D eigenvalue weighted by Gasteiger charge is 2.45. The summed E-state index contributed by atoms with van der Waals surface area (Å²) in [6.07, 6.45) is 4.53. The lowest BCUT2D eigenvalue weighted by Gasteiger charge is -2.37. The quantitative estimate of drug-likeness (QED) is 0.306. The van der Waals surface area contributed by atoms with E-state index < -0.39 is 11.5 Å². The summed E-state index contributed by atoms with van der Waals surface area (Å²) in [4.78, 5) is 31.3. The normalized spacial score (nSPS) is 34.7. The first-order valence-corrected chi connectivity index (χ1v) is 14.6. The fourth-order valence-electron chi connectivity index (χ4n) is 5.36. The topological polar surface area (TPSA) is 96.7 Å². The minimum absolute atomic E-state index is 0.0158. The molecular formula is C26H42N2O5P2S. The number of ketones is 1. The average Bonchev–Trinajstić information content (AvgIpc) is 3.43. The Bertz CT molecular complexity index is 953. The first-order valence-electron chi connectivity index (χ1n) is 12.8. The van der Waals surface area contributed by atoms with Crippen LogP contribution in [0.2, 0.25) is 0 Å². The number of carbonyl (C=O) groups is 2. The van der Waals surface area contributed by atoms with Crippen molar-refractivity contribution in [2.45, 2.75) is 104 Å². The maximum atomic E-state index is 13.6. The van der Waals surface area contributed by atoms with Gasteiger partial charge in [0.1, 0.15) is 11.9 Å². The van der Waals surface area contributed by atoms with Crippen LogP contribution in [0.1, 0.15) is 77.4 Å². The maximum absolute atomic E-state index is 13.6. The minimum Gasteiger partial charge on any atom is -0.458 e. The third kappa shape index (κ3) is 7.42. The zero-order valence-corrected chi connectivity index (χ0v) is 25.4. The van der Waals surface area contributed by atoms with E-state index in [1.54, 1.807) is 11.3 Å². The molecule has 0 radical (unpaired) electrons. The molecule has 3 heterocycles. The third-order valence-corrected chi connectivity index (χ3v) is 9.26. The van der Waals surface area contributed by atoms with Gasteiger partial charge in [0.05, 0.1) is 34.7 Å². The standard InChI is InChI=1S/C26H42N2O5P2S/c1-14-8-7-9-19-20(28-19)11-21(15(2)10-18-13-36-17(4)27-18)31-23(29)12-22(32-34)26(5,6)25(30)16(3)24(14)33-35/h10,13-14,16,19-22,24,28H,7-9,11-12,34-35H2,1-6H3/b15-10+. The van der Waals surface area contributed by atoms with E-state index in [9.17, 15) is 9.59 Å². The molecule has 2 aliphatic heterocycles. The molecule has 1 N–H and O–H groups in total. The maximum Gasteiger partial charge on any atom is 0.309 e. The molecule has 0 saturated carbocycles. The second-order valence-corrected chi connectivity index (χ2v) is 12.6. The van der Waals surface area contributed by atoms with Gasteiger partial charge in [-0.3, -0.25) is 9.59 Å². The summed E-state index contributed by atoms with van der Waals surface area (Å²) < 4.78 is 17.4. The Morgan fingerprint density at radius 2 is 1.94 bits per heavy atom. The van der Waals surface area contributed by atoms with Crippen molar-refractivity contribution in [1.82, 2.24) is 10.3 Å². The molecule has 2 fully saturated rings. The number of aryl methyl sites for hydroxylation is 1. The summed E-state index contributed by atoms with van der Waals surface area (Å²) in [5, 5.41) is 6.58. The fourth-order valence-corrected chi connectivity index (χ4v) is 6.87. The number of fused-ring (bicyclic) bond motifs is 1. The summed E-state index contributed by atoms with van der Waals surface area (Å²) in [5.74, 6) is -0.475. The van der Waals surface area contributed by atoms with Crippen LogP contribution < -0.4 is 5.32 Å². The zero-order valence-electron chi connectivity index (χ0n) is 22.3. The highest BCUT2D eigenvalue weighted by molar-refractivity contribution is 7.10. The van der Waals surface area contributed by atoms with Crippen molar-refractivity contribution in [2.24, 2.45) is 17.3 Å². The number of nitrogens with one attached hydrogen (secondary N) is 1. The number of esters is 1. The molecule has 9 unspecified atom stereocenters. The molecule has 0 aliphatic carbocycles. The molecular weight excluding hydrogens is 514 g/mol.